The normalized spacial score (nSPS) is 19.6. The molecule has 0 bridgehead atoms. The van der Waals surface area contributed by atoms with Gasteiger partial charge >= 0.3 is 0 Å². The van der Waals surface area contributed by atoms with Gasteiger partial charge in [-0.25, -0.2) is 4.39 Å². The Balaban J connectivity index is 2.00. The molecule has 1 aromatic heterocycles. The van der Waals surface area contributed by atoms with Crippen molar-refractivity contribution >= 4 is 11.6 Å². The molecule has 2 N–H and O–H groups in total. The Morgan fingerprint density at radius 1 is 1.21 bits per heavy atom. The van der Waals surface area contributed by atoms with Gasteiger partial charge in [0.15, 0.2) is 5.76 Å². The molecule has 1 heterocycles. The van der Waals surface area contributed by atoms with Crippen molar-refractivity contribution in [2.45, 2.75) is 77.7 Å². The van der Waals surface area contributed by atoms with Crippen LogP contribution in [0, 0.1) is 5.82 Å². The van der Waals surface area contributed by atoms with Crippen molar-refractivity contribution in [3.05, 3.63) is 52.2 Å². The van der Waals surface area contributed by atoms with Crippen LogP contribution in [0.1, 0.15) is 98.7 Å². The lowest BCUT2D eigenvalue weighted by atomic mass is 9.92. The largest absolute Gasteiger partial charge is 0.456 e. The zero-order chi connectivity index (χ0) is 20.6. The number of carbonyl (C=O) groups is 1. The summed E-state index contributed by atoms with van der Waals surface area (Å²) in [5, 5.41) is 13.6. The van der Waals surface area contributed by atoms with E-state index in [0.717, 1.165) is 18.4 Å². The van der Waals surface area contributed by atoms with Crippen LogP contribution < -0.4 is 5.32 Å². The average molecular weight is 387 g/mol. The first-order chi connectivity index (χ1) is 13.1. The Kier molecular flexibility index (Phi) is 5.67. The second-order valence-corrected chi connectivity index (χ2v) is 8.62. The van der Waals surface area contributed by atoms with E-state index in [1.165, 1.54) is 6.07 Å². The van der Waals surface area contributed by atoms with E-state index >= 15 is 0 Å². The number of benzene rings is 1. The van der Waals surface area contributed by atoms with E-state index in [1.807, 2.05) is 27.7 Å². The SMILES string of the molecule is CC(C)c1ccc(F)c(C(C)C)c1NC(=O)c1cc2c(o1)CCCCC2(C)O. The van der Waals surface area contributed by atoms with Crippen molar-refractivity contribution in [3.8, 4) is 0 Å². The molecule has 152 valence electrons. The summed E-state index contributed by atoms with van der Waals surface area (Å²) in [5.74, 6) is 0.123. The minimum Gasteiger partial charge on any atom is -0.456 e. The quantitative estimate of drug-likeness (QED) is 0.647. The van der Waals surface area contributed by atoms with Crippen LogP contribution in [0.3, 0.4) is 0 Å². The maximum atomic E-state index is 14.5. The maximum Gasteiger partial charge on any atom is 0.291 e. The van der Waals surface area contributed by atoms with Crippen molar-refractivity contribution in [2.24, 2.45) is 0 Å². The molecular formula is C23H30FNO3. The summed E-state index contributed by atoms with van der Waals surface area (Å²) >= 11 is 0. The van der Waals surface area contributed by atoms with Crippen LogP contribution in [-0.2, 0) is 12.0 Å². The summed E-state index contributed by atoms with van der Waals surface area (Å²) in [7, 11) is 0. The number of fused-ring (bicyclic) bond motifs is 1. The molecule has 0 aliphatic heterocycles. The smallest absolute Gasteiger partial charge is 0.291 e. The number of aryl methyl sites for hydroxylation is 1. The number of hydrogen-bond donors (Lipinski definition) is 2. The molecule has 1 unspecified atom stereocenters. The maximum absolute atomic E-state index is 14.5. The summed E-state index contributed by atoms with van der Waals surface area (Å²) in [6.07, 6.45) is 3.17. The number of aliphatic hydroxyl groups is 1. The third-order valence-corrected chi connectivity index (χ3v) is 5.59. The van der Waals surface area contributed by atoms with Crippen molar-refractivity contribution < 1.29 is 18.7 Å². The third kappa shape index (κ3) is 3.86. The predicted octanol–water partition coefficient (Wildman–Crippen LogP) is 5.85. The van der Waals surface area contributed by atoms with Gasteiger partial charge in [0.25, 0.3) is 5.91 Å². The molecule has 1 amide bonds. The lowest BCUT2D eigenvalue weighted by Gasteiger charge is -2.21. The highest BCUT2D eigenvalue weighted by Gasteiger charge is 2.32. The first kappa shape index (κ1) is 20.6. The van der Waals surface area contributed by atoms with E-state index in [1.54, 1.807) is 19.1 Å². The second-order valence-electron chi connectivity index (χ2n) is 8.62. The highest BCUT2D eigenvalue weighted by Crippen LogP contribution is 2.37. The fraction of sp³-hybridized carbons (Fsp3) is 0.522. The lowest BCUT2D eigenvalue weighted by molar-refractivity contribution is 0.0468. The topological polar surface area (TPSA) is 62.5 Å². The van der Waals surface area contributed by atoms with E-state index in [0.29, 0.717) is 35.4 Å². The fourth-order valence-electron chi connectivity index (χ4n) is 4.04. The van der Waals surface area contributed by atoms with Gasteiger partial charge in [-0.1, -0.05) is 33.8 Å². The minimum absolute atomic E-state index is 0.0805. The highest BCUT2D eigenvalue weighted by atomic mass is 19.1. The van der Waals surface area contributed by atoms with Crippen molar-refractivity contribution in [2.75, 3.05) is 5.32 Å². The molecule has 4 nitrogen and oxygen atoms in total. The van der Waals surface area contributed by atoms with E-state index < -0.39 is 11.5 Å². The van der Waals surface area contributed by atoms with Gasteiger partial charge in [-0.2, -0.15) is 0 Å². The van der Waals surface area contributed by atoms with Gasteiger partial charge in [0.05, 0.1) is 11.3 Å². The number of furan rings is 1. The Morgan fingerprint density at radius 2 is 1.93 bits per heavy atom. The fourth-order valence-corrected chi connectivity index (χ4v) is 4.04. The van der Waals surface area contributed by atoms with E-state index in [9.17, 15) is 14.3 Å². The summed E-state index contributed by atoms with van der Waals surface area (Å²) in [5.41, 5.74) is 1.59. The third-order valence-electron chi connectivity index (χ3n) is 5.59. The standard InChI is InChI=1S/C23H30FNO3/c1-13(2)15-9-10-17(24)20(14(3)4)21(15)25-22(26)19-12-16-18(28-19)8-6-7-11-23(16,5)27/h9-10,12-14,27H,6-8,11H2,1-5H3,(H,25,26). The molecule has 0 fully saturated rings. The molecule has 0 spiro atoms. The second kappa shape index (κ2) is 7.70. The molecule has 0 saturated carbocycles. The van der Waals surface area contributed by atoms with Crippen LogP contribution in [0.25, 0.3) is 0 Å². The summed E-state index contributed by atoms with van der Waals surface area (Å²) in [6, 6.07) is 4.83. The van der Waals surface area contributed by atoms with Gasteiger partial charge in [0, 0.05) is 17.5 Å². The van der Waals surface area contributed by atoms with Crippen molar-refractivity contribution in [1.29, 1.82) is 0 Å². The molecular weight excluding hydrogens is 357 g/mol. The zero-order valence-corrected chi connectivity index (χ0v) is 17.4. The minimum atomic E-state index is -1.00. The van der Waals surface area contributed by atoms with Gasteiger partial charge in [-0.15, -0.1) is 0 Å². The van der Waals surface area contributed by atoms with Gasteiger partial charge in [-0.3, -0.25) is 4.79 Å². The molecule has 28 heavy (non-hydrogen) atoms. The van der Waals surface area contributed by atoms with Crippen LogP contribution in [-0.4, -0.2) is 11.0 Å². The molecule has 0 saturated heterocycles. The number of amides is 1. The summed E-state index contributed by atoms with van der Waals surface area (Å²) < 4.78 is 20.3. The Labute approximate surface area is 166 Å². The molecule has 5 heteroatoms. The monoisotopic (exact) mass is 387 g/mol. The molecule has 1 aliphatic carbocycles. The highest BCUT2D eigenvalue weighted by molar-refractivity contribution is 6.03. The van der Waals surface area contributed by atoms with Crippen LogP contribution in [0.5, 0.6) is 0 Å². The molecule has 1 atom stereocenters. The van der Waals surface area contributed by atoms with E-state index in [4.69, 9.17) is 4.42 Å². The number of halogens is 1. The first-order valence-electron chi connectivity index (χ1n) is 10.1. The van der Waals surface area contributed by atoms with Crippen LogP contribution in [0.4, 0.5) is 10.1 Å². The van der Waals surface area contributed by atoms with Crippen molar-refractivity contribution in [1.82, 2.24) is 0 Å². The number of carbonyl (C=O) groups excluding carboxylic acids is 1. The van der Waals surface area contributed by atoms with Gasteiger partial charge in [-0.05, 0) is 55.7 Å². The Morgan fingerprint density at radius 3 is 2.57 bits per heavy atom. The van der Waals surface area contributed by atoms with Gasteiger partial charge in [0.1, 0.15) is 11.6 Å². The van der Waals surface area contributed by atoms with Crippen LogP contribution in [0.15, 0.2) is 22.6 Å². The first-order valence-corrected chi connectivity index (χ1v) is 10.1. The van der Waals surface area contributed by atoms with E-state index in [-0.39, 0.29) is 23.4 Å². The Bertz CT molecular complexity index is 880. The molecule has 1 aromatic carbocycles. The summed E-state index contributed by atoms with van der Waals surface area (Å²) in [6.45, 7) is 9.60. The van der Waals surface area contributed by atoms with Gasteiger partial charge in [0.2, 0.25) is 0 Å². The zero-order valence-electron chi connectivity index (χ0n) is 17.4. The van der Waals surface area contributed by atoms with E-state index in [2.05, 4.69) is 5.32 Å². The molecule has 3 rings (SSSR count). The number of rotatable bonds is 4. The molecule has 2 aromatic rings. The number of nitrogens with one attached hydrogen (secondary N) is 1. The number of anilines is 1. The summed E-state index contributed by atoms with van der Waals surface area (Å²) in [4.78, 5) is 13.0. The van der Waals surface area contributed by atoms with Crippen molar-refractivity contribution in [3.63, 3.8) is 0 Å². The van der Waals surface area contributed by atoms with Crippen LogP contribution in [0.2, 0.25) is 0 Å². The molecule has 0 radical (unpaired) electrons. The average Bonchev–Trinajstić information content (AvgIpc) is 2.98. The Hall–Kier alpha value is -2.14. The van der Waals surface area contributed by atoms with Crippen LogP contribution >= 0.6 is 0 Å². The number of hydrogen-bond acceptors (Lipinski definition) is 3. The molecule has 1 aliphatic rings. The van der Waals surface area contributed by atoms with Gasteiger partial charge < -0.3 is 14.8 Å². The lowest BCUT2D eigenvalue weighted by Crippen LogP contribution is -2.20. The predicted molar refractivity (Wildman–Crippen MR) is 108 cm³/mol.